The normalized spacial score (nSPS) is 27.1. The molecule has 7 N–H and O–H groups in total. The predicted molar refractivity (Wildman–Crippen MR) is 253 cm³/mol. The van der Waals surface area contributed by atoms with Crippen molar-refractivity contribution in [2.75, 3.05) is 77.8 Å². The molecule has 19 nitrogen and oxygen atoms in total. The Labute approximate surface area is 410 Å². The average molecular weight is 1030 g/mol. The Kier molecular flexibility index (Phi) is 24.9. The monoisotopic (exact) mass is 1030 g/mol. The van der Waals surface area contributed by atoms with Crippen molar-refractivity contribution >= 4 is 57.4 Å². The van der Waals surface area contributed by atoms with E-state index in [4.69, 9.17) is 23.8 Å². The highest BCUT2D eigenvalue weighted by Gasteiger charge is 2.60. The Hall–Kier alpha value is -3.43. The molecular formula is C48H80BrN5O14. The van der Waals surface area contributed by atoms with E-state index in [0.29, 0.717) is 48.5 Å². The van der Waals surface area contributed by atoms with Crippen LogP contribution in [-0.2, 0) is 57.3 Å². The summed E-state index contributed by atoms with van der Waals surface area (Å²) in [5, 5.41) is 29.3. The molecule has 0 heterocycles. The molecule has 0 aromatic rings. The number of hydroxylamine groups is 1. The van der Waals surface area contributed by atoms with Crippen molar-refractivity contribution in [2.45, 2.75) is 136 Å². The molecule has 0 radical (unpaired) electrons. The van der Waals surface area contributed by atoms with Gasteiger partial charge in [-0.25, -0.2) is 10.3 Å². The van der Waals surface area contributed by atoms with E-state index in [1.807, 2.05) is 0 Å². The second-order valence-corrected chi connectivity index (χ2v) is 20.4. The molecule has 68 heavy (non-hydrogen) atoms. The molecule has 0 aromatic carbocycles. The Morgan fingerprint density at radius 2 is 1.25 bits per heavy atom. The molecule has 20 heteroatoms. The van der Waals surface area contributed by atoms with Gasteiger partial charge in [-0.1, -0.05) is 36.7 Å². The number of unbranched alkanes of at least 4 members (excludes halogenated alkanes) is 1. The largest absolute Gasteiger partial charge is 0.481 e. The maximum Gasteiger partial charge on any atom is 0.326 e. The fraction of sp³-hybridized carbons (Fsp3) is 0.854. The number of nitrogens with one attached hydrogen (secondary N) is 5. The van der Waals surface area contributed by atoms with Crippen molar-refractivity contribution in [3.05, 3.63) is 0 Å². The summed E-state index contributed by atoms with van der Waals surface area (Å²) in [6, 6.07) is -1.06. The molecule has 0 aromatic heterocycles. The Morgan fingerprint density at radius 1 is 0.632 bits per heavy atom. The molecule has 1 unspecified atom stereocenters. The number of carbonyl (C=O) groups excluding carboxylic acids is 5. The summed E-state index contributed by atoms with van der Waals surface area (Å²) in [6.45, 7) is 8.82. The number of hydrogen-bond acceptors (Lipinski definition) is 12. The number of ether oxygens (including phenoxy) is 4. The van der Waals surface area contributed by atoms with Crippen molar-refractivity contribution in [3.63, 3.8) is 0 Å². The van der Waals surface area contributed by atoms with Crippen LogP contribution in [0.1, 0.15) is 124 Å². The van der Waals surface area contributed by atoms with Crippen molar-refractivity contribution in [3.8, 4) is 0 Å². The van der Waals surface area contributed by atoms with Gasteiger partial charge in [0.15, 0.2) is 0 Å². The minimum Gasteiger partial charge on any atom is -0.481 e. The van der Waals surface area contributed by atoms with Gasteiger partial charge in [-0.15, -0.1) is 0 Å². The molecular weight excluding hydrogens is 950 g/mol. The highest BCUT2D eigenvalue weighted by molar-refractivity contribution is 9.09. The van der Waals surface area contributed by atoms with E-state index in [9.17, 15) is 43.8 Å². The lowest BCUT2D eigenvalue weighted by molar-refractivity contribution is -0.159. The minimum absolute atomic E-state index is 0.0137. The van der Waals surface area contributed by atoms with Crippen molar-refractivity contribution in [2.24, 2.45) is 46.3 Å². The molecule has 4 fully saturated rings. The van der Waals surface area contributed by atoms with E-state index in [1.165, 1.54) is 38.5 Å². The topological polar surface area (TPSA) is 266 Å². The van der Waals surface area contributed by atoms with E-state index in [-0.39, 0.29) is 132 Å². The summed E-state index contributed by atoms with van der Waals surface area (Å²) in [5.74, 6) is 0.286. The van der Waals surface area contributed by atoms with Crippen LogP contribution in [0.25, 0.3) is 0 Å². The van der Waals surface area contributed by atoms with Gasteiger partial charge in [0.2, 0.25) is 29.5 Å². The van der Waals surface area contributed by atoms with Crippen LogP contribution in [0.2, 0.25) is 0 Å². The first-order valence-electron chi connectivity index (χ1n) is 24.9. The fourth-order valence-corrected chi connectivity index (χ4v) is 12.2. The summed E-state index contributed by atoms with van der Waals surface area (Å²) < 4.78 is 21.4. The SMILES string of the molecule is C[C@H](CCC(=O)O)[C@H]1CCC2[C@@H]3CC[C@@H]4C[C@@H](ONC(=O)CCC(=O)NCCOCCOCC(=O)NCCOCCOCC(=O)N[C@@H](CCCCNC(=O)CBr)C(=O)O)CC[C@]4(C)[C@H]3CC[C@@]21C. The van der Waals surface area contributed by atoms with Crippen molar-refractivity contribution in [1.29, 1.82) is 0 Å². The predicted octanol–water partition coefficient (Wildman–Crippen LogP) is 3.89. The Morgan fingerprint density at radius 3 is 1.93 bits per heavy atom. The molecule has 4 aliphatic rings. The summed E-state index contributed by atoms with van der Waals surface area (Å²) in [6.07, 6.45) is 12.7. The summed E-state index contributed by atoms with van der Waals surface area (Å²) >= 11 is 3.05. The van der Waals surface area contributed by atoms with E-state index >= 15 is 0 Å². The second kappa shape index (κ2) is 29.7. The van der Waals surface area contributed by atoms with Crippen LogP contribution in [0.5, 0.6) is 0 Å². The average Bonchev–Trinajstić information content (AvgIpc) is 3.67. The Bertz CT molecular complexity index is 1640. The maximum atomic E-state index is 12.6. The van der Waals surface area contributed by atoms with Crippen LogP contribution in [-0.4, -0.2) is 142 Å². The molecule has 4 aliphatic carbocycles. The van der Waals surface area contributed by atoms with Gasteiger partial charge in [-0.05, 0) is 130 Å². The van der Waals surface area contributed by atoms with E-state index in [1.54, 1.807) is 0 Å². The third-order valence-corrected chi connectivity index (χ3v) is 16.0. The lowest BCUT2D eigenvalue weighted by atomic mass is 9.44. The second-order valence-electron chi connectivity index (χ2n) is 19.8. The Balaban J connectivity index is 0.936. The van der Waals surface area contributed by atoms with Crippen LogP contribution in [0, 0.1) is 46.3 Å². The van der Waals surface area contributed by atoms with Gasteiger partial charge >= 0.3 is 11.9 Å². The first kappa shape index (κ1) is 57.2. The summed E-state index contributed by atoms with van der Waals surface area (Å²) in [5.41, 5.74) is 3.20. The number of rotatable bonds is 33. The van der Waals surface area contributed by atoms with Gasteiger partial charge in [-0.2, -0.15) is 0 Å². The van der Waals surface area contributed by atoms with Crippen LogP contribution in [0.4, 0.5) is 0 Å². The zero-order chi connectivity index (χ0) is 49.5. The number of carboxylic acid groups (broad SMARTS) is 2. The highest BCUT2D eigenvalue weighted by Crippen LogP contribution is 2.68. The van der Waals surface area contributed by atoms with Crippen LogP contribution < -0.4 is 26.7 Å². The number of halogens is 1. The maximum absolute atomic E-state index is 12.6. The lowest BCUT2D eigenvalue weighted by Gasteiger charge is -2.61. The molecule has 0 spiro atoms. The third-order valence-electron chi connectivity index (χ3n) is 15.5. The molecule has 388 valence electrons. The molecule has 0 bridgehead atoms. The number of hydrogen-bond donors (Lipinski definition) is 7. The fourth-order valence-electron chi connectivity index (χ4n) is 12.0. The van der Waals surface area contributed by atoms with Gasteiger partial charge in [0.1, 0.15) is 19.3 Å². The number of carboxylic acids is 2. The number of aliphatic carboxylic acids is 2. The van der Waals surface area contributed by atoms with Crippen LogP contribution in [0.3, 0.4) is 0 Å². The van der Waals surface area contributed by atoms with Crippen LogP contribution in [0.15, 0.2) is 0 Å². The van der Waals surface area contributed by atoms with Crippen molar-refractivity contribution < 1.29 is 67.6 Å². The van der Waals surface area contributed by atoms with Gasteiger partial charge in [0.05, 0.1) is 51.1 Å². The van der Waals surface area contributed by atoms with Gasteiger partial charge in [0.25, 0.3) is 0 Å². The highest BCUT2D eigenvalue weighted by atomic mass is 79.9. The molecule has 4 saturated carbocycles. The van der Waals surface area contributed by atoms with Gasteiger partial charge < -0.3 is 50.4 Å². The zero-order valence-corrected chi connectivity index (χ0v) is 42.2. The van der Waals surface area contributed by atoms with Gasteiger partial charge in [-0.3, -0.25) is 33.6 Å². The van der Waals surface area contributed by atoms with Crippen LogP contribution >= 0.6 is 15.9 Å². The molecule has 0 aliphatic heterocycles. The third kappa shape index (κ3) is 18.4. The minimum atomic E-state index is -1.15. The van der Waals surface area contributed by atoms with E-state index in [0.717, 1.165) is 37.5 Å². The summed E-state index contributed by atoms with van der Waals surface area (Å²) in [7, 11) is 0. The molecule has 10 atom stereocenters. The van der Waals surface area contributed by atoms with Gasteiger partial charge in [0, 0.05) is 38.9 Å². The number of fused-ring (bicyclic) bond motifs is 5. The zero-order valence-electron chi connectivity index (χ0n) is 40.6. The van der Waals surface area contributed by atoms with Crippen molar-refractivity contribution in [1.82, 2.24) is 26.7 Å². The summed E-state index contributed by atoms with van der Waals surface area (Å²) in [4.78, 5) is 88.9. The van der Waals surface area contributed by atoms with E-state index in [2.05, 4.69) is 63.4 Å². The number of carbonyl (C=O) groups is 7. The smallest absolute Gasteiger partial charge is 0.326 e. The number of amides is 5. The lowest BCUT2D eigenvalue weighted by Crippen LogP contribution is -2.54. The molecule has 5 amide bonds. The quantitative estimate of drug-likeness (QED) is 0.0280. The number of alkyl halides is 1. The van der Waals surface area contributed by atoms with E-state index < -0.39 is 23.9 Å². The molecule has 0 saturated heterocycles. The first-order valence-corrected chi connectivity index (χ1v) is 26.0. The standard InChI is InChI=1S/C48H80BrN5O14/c1-32(7-14-45(60)61)36-10-11-37-35-9-8-33-28-34(15-17-47(33,2)38(35)16-18-48(36,37)3)68-54-41(56)13-12-40(55)51-20-22-64-24-26-66-30-43(58)52-21-23-65-25-27-67-31-44(59)53-39(46(62)63)6-4-5-19-50-42(57)29-49/h32-39H,4-31H2,1-3H3,(H,50,57)(H,51,55)(H,52,58)(H,53,59)(H,54,56)(H,60,61)(H,62,63)/t32-,33-,34+,35+,36-,37?,38+,39+,47+,48-/m1/s1. The first-order chi connectivity index (χ1) is 32.6. The molecule has 4 rings (SSSR count).